The van der Waals surface area contributed by atoms with Gasteiger partial charge in [0.2, 0.25) is 15.9 Å². The molecular weight excluding hydrogens is 430 g/mol. The largest absolute Gasteiger partial charge is 0.394 e. The monoisotopic (exact) mass is 467 g/mol. The zero-order valence-corrected chi connectivity index (χ0v) is 19.8. The van der Waals surface area contributed by atoms with Crippen LogP contribution >= 0.6 is 0 Å². The highest BCUT2D eigenvalue weighted by molar-refractivity contribution is 7.89. The van der Waals surface area contributed by atoms with Crippen LogP contribution in [-0.4, -0.2) is 75.4 Å². The second kappa shape index (κ2) is 12.1. The smallest absolute Gasteiger partial charge is 0.240 e. The third kappa shape index (κ3) is 7.52. The van der Waals surface area contributed by atoms with Gasteiger partial charge in [-0.3, -0.25) is 4.79 Å². The molecule has 3 rings (SSSR count). The van der Waals surface area contributed by atoms with Crippen LogP contribution in [0.3, 0.4) is 0 Å². The Bertz CT molecular complexity index is 825. The number of nitrogens with zero attached hydrogens (tertiary/aromatic N) is 1. The van der Waals surface area contributed by atoms with Crippen LogP contribution in [0.5, 0.6) is 0 Å². The Morgan fingerprint density at radius 2 is 1.88 bits per heavy atom. The fraction of sp³-hybridized carbons (Fsp3) is 0.696. The number of sulfonamides is 1. The second-order valence-corrected chi connectivity index (χ2v) is 10.6. The van der Waals surface area contributed by atoms with Crippen LogP contribution in [0, 0.1) is 6.92 Å². The average molecular weight is 468 g/mol. The zero-order valence-electron chi connectivity index (χ0n) is 19.0. The summed E-state index contributed by atoms with van der Waals surface area (Å²) in [7, 11) is -3.56. The van der Waals surface area contributed by atoms with Gasteiger partial charge in [0.05, 0.1) is 23.6 Å². The number of nitrogens with one attached hydrogen (secondary N) is 2. The third-order valence-electron chi connectivity index (χ3n) is 6.34. The number of carbonyl (C=O) groups excluding carboxylic acids is 1. The molecule has 0 saturated carbocycles. The number of likely N-dealkylation sites (tertiary alicyclic amines) is 1. The molecule has 3 atom stereocenters. The summed E-state index contributed by atoms with van der Waals surface area (Å²) < 4.78 is 33.4. The van der Waals surface area contributed by atoms with E-state index in [-0.39, 0.29) is 36.1 Å². The lowest BCUT2D eigenvalue weighted by Gasteiger charge is -2.36. The van der Waals surface area contributed by atoms with E-state index in [1.165, 1.54) is 19.3 Å². The van der Waals surface area contributed by atoms with Gasteiger partial charge in [0, 0.05) is 19.5 Å². The SMILES string of the molecule is Cc1ccc(S(=O)(=O)NCC[C@H]2CC[C@H](NC(=O)CCN3CCCCC3)[C@H](CO)O2)cc1. The average Bonchev–Trinajstić information content (AvgIpc) is 2.79. The Balaban J connectivity index is 1.39. The molecule has 1 amide bonds. The summed E-state index contributed by atoms with van der Waals surface area (Å²) in [6.07, 6.45) is 5.43. The van der Waals surface area contributed by atoms with Crippen molar-refractivity contribution >= 4 is 15.9 Å². The first kappa shape index (κ1) is 25.1. The lowest BCUT2D eigenvalue weighted by Crippen LogP contribution is -2.51. The van der Waals surface area contributed by atoms with Crippen LogP contribution in [-0.2, 0) is 19.6 Å². The highest BCUT2D eigenvalue weighted by atomic mass is 32.2. The Kier molecular flexibility index (Phi) is 9.48. The minimum atomic E-state index is -3.56. The Labute approximate surface area is 191 Å². The van der Waals surface area contributed by atoms with E-state index < -0.39 is 16.1 Å². The summed E-state index contributed by atoms with van der Waals surface area (Å²) in [4.78, 5) is 15.0. The molecule has 9 heteroatoms. The van der Waals surface area contributed by atoms with Crippen molar-refractivity contribution in [2.45, 2.75) is 75.0 Å². The van der Waals surface area contributed by atoms with Gasteiger partial charge < -0.3 is 20.1 Å². The first-order valence-corrected chi connectivity index (χ1v) is 13.2. The number of aliphatic hydroxyl groups excluding tert-OH is 1. The molecule has 1 aromatic rings. The maximum atomic E-state index is 12.4. The highest BCUT2D eigenvalue weighted by Crippen LogP contribution is 2.22. The lowest BCUT2D eigenvalue weighted by atomic mass is 9.97. The second-order valence-electron chi connectivity index (χ2n) is 8.88. The molecule has 2 fully saturated rings. The number of benzene rings is 1. The molecule has 0 unspecified atom stereocenters. The summed E-state index contributed by atoms with van der Waals surface area (Å²) in [5, 5.41) is 12.8. The van der Waals surface area contributed by atoms with Crippen molar-refractivity contribution in [3.63, 3.8) is 0 Å². The number of amides is 1. The number of aryl methyl sites for hydroxylation is 1. The number of hydrogen-bond donors (Lipinski definition) is 3. The van der Waals surface area contributed by atoms with Crippen LogP contribution < -0.4 is 10.0 Å². The van der Waals surface area contributed by atoms with E-state index in [4.69, 9.17) is 4.74 Å². The number of carbonyl (C=O) groups is 1. The standard InChI is InChI=1S/C23H37N3O5S/c1-18-5-8-20(9-6-18)32(29,30)24-13-11-19-7-10-21(22(17-27)31-19)25-23(28)12-16-26-14-3-2-4-15-26/h5-6,8-9,19,21-22,24,27H,2-4,7,10-17H2,1H3,(H,25,28)/t19-,21+,22+/m1/s1. The first-order valence-electron chi connectivity index (χ1n) is 11.7. The molecular formula is C23H37N3O5S. The Morgan fingerprint density at radius 3 is 2.56 bits per heavy atom. The quantitative estimate of drug-likeness (QED) is 0.482. The van der Waals surface area contributed by atoms with E-state index in [0.717, 1.165) is 25.2 Å². The van der Waals surface area contributed by atoms with E-state index in [1.807, 2.05) is 6.92 Å². The maximum absolute atomic E-state index is 12.4. The predicted octanol–water partition coefficient (Wildman–Crippen LogP) is 1.56. The highest BCUT2D eigenvalue weighted by Gasteiger charge is 2.32. The van der Waals surface area contributed by atoms with E-state index in [1.54, 1.807) is 24.3 Å². The minimum absolute atomic E-state index is 0.00747. The topological polar surface area (TPSA) is 108 Å². The molecule has 0 aromatic heterocycles. The molecule has 2 aliphatic heterocycles. The van der Waals surface area contributed by atoms with Crippen molar-refractivity contribution in [1.29, 1.82) is 0 Å². The van der Waals surface area contributed by atoms with Crippen molar-refractivity contribution < 1.29 is 23.1 Å². The van der Waals surface area contributed by atoms with Gasteiger partial charge >= 0.3 is 0 Å². The van der Waals surface area contributed by atoms with Gasteiger partial charge in [0.15, 0.2) is 0 Å². The van der Waals surface area contributed by atoms with Gasteiger partial charge in [-0.15, -0.1) is 0 Å². The van der Waals surface area contributed by atoms with Gasteiger partial charge in [0.25, 0.3) is 0 Å². The van der Waals surface area contributed by atoms with E-state index in [9.17, 15) is 18.3 Å². The van der Waals surface area contributed by atoms with Crippen LogP contribution in [0.2, 0.25) is 0 Å². The molecule has 180 valence electrons. The summed E-state index contributed by atoms with van der Waals surface area (Å²) in [5.41, 5.74) is 1.00. The number of hydrogen-bond acceptors (Lipinski definition) is 6. The maximum Gasteiger partial charge on any atom is 0.240 e. The summed E-state index contributed by atoms with van der Waals surface area (Å²) in [6.45, 7) is 4.89. The predicted molar refractivity (Wildman–Crippen MR) is 123 cm³/mol. The Hall–Kier alpha value is -1.52. The third-order valence-corrected chi connectivity index (χ3v) is 7.81. The number of ether oxygens (including phenoxy) is 1. The number of rotatable bonds is 10. The molecule has 0 spiro atoms. The molecule has 2 aliphatic rings. The first-order chi connectivity index (χ1) is 15.4. The van der Waals surface area contributed by atoms with Crippen molar-refractivity contribution in [3.05, 3.63) is 29.8 Å². The van der Waals surface area contributed by atoms with E-state index in [2.05, 4.69) is 14.9 Å². The summed E-state index contributed by atoms with van der Waals surface area (Å²) in [5.74, 6) is -0.00747. The normalized spacial score (nSPS) is 24.9. The van der Waals surface area contributed by atoms with Crippen LogP contribution in [0.4, 0.5) is 0 Å². The summed E-state index contributed by atoms with van der Waals surface area (Å²) >= 11 is 0. The fourth-order valence-electron chi connectivity index (χ4n) is 4.39. The molecule has 0 radical (unpaired) electrons. The van der Waals surface area contributed by atoms with Crippen molar-refractivity contribution in [3.8, 4) is 0 Å². The van der Waals surface area contributed by atoms with Gasteiger partial charge in [-0.2, -0.15) is 0 Å². The Morgan fingerprint density at radius 1 is 1.16 bits per heavy atom. The molecule has 3 N–H and O–H groups in total. The zero-order chi connectivity index (χ0) is 23.0. The number of piperidine rings is 1. The van der Waals surface area contributed by atoms with Gasteiger partial charge in [-0.1, -0.05) is 24.1 Å². The molecule has 32 heavy (non-hydrogen) atoms. The minimum Gasteiger partial charge on any atom is -0.394 e. The lowest BCUT2D eigenvalue weighted by molar-refractivity contribution is -0.128. The fourth-order valence-corrected chi connectivity index (χ4v) is 5.43. The van der Waals surface area contributed by atoms with Crippen molar-refractivity contribution in [2.24, 2.45) is 0 Å². The van der Waals surface area contributed by atoms with E-state index >= 15 is 0 Å². The molecule has 2 heterocycles. The van der Waals surface area contributed by atoms with Crippen LogP contribution in [0.1, 0.15) is 50.5 Å². The van der Waals surface area contributed by atoms with E-state index in [0.29, 0.717) is 25.7 Å². The van der Waals surface area contributed by atoms with Crippen molar-refractivity contribution in [2.75, 3.05) is 32.8 Å². The molecule has 0 aliphatic carbocycles. The van der Waals surface area contributed by atoms with Crippen LogP contribution in [0.25, 0.3) is 0 Å². The summed E-state index contributed by atoms with van der Waals surface area (Å²) in [6, 6.07) is 6.51. The van der Waals surface area contributed by atoms with Gasteiger partial charge in [-0.05, 0) is 64.3 Å². The van der Waals surface area contributed by atoms with Crippen molar-refractivity contribution in [1.82, 2.24) is 14.9 Å². The number of aliphatic hydroxyl groups is 1. The van der Waals surface area contributed by atoms with Crippen LogP contribution in [0.15, 0.2) is 29.2 Å². The van der Waals surface area contributed by atoms with Gasteiger partial charge in [-0.25, -0.2) is 13.1 Å². The molecule has 8 nitrogen and oxygen atoms in total. The van der Waals surface area contributed by atoms with Gasteiger partial charge in [0.1, 0.15) is 6.10 Å². The molecule has 1 aromatic carbocycles. The molecule has 0 bridgehead atoms. The molecule has 2 saturated heterocycles.